The van der Waals surface area contributed by atoms with E-state index in [0.29, 0.717) is 12.1 Å². The van der Waals surface area contributed by atoms with Crippen LogP contribution in [-0.2, 0) is 6.54 Å². The fourth-order valence-electron chi connectivity index (χ4n) is 4.28. The van der Waals surface area contributed by atoms with Crippen LogP contribution >= 0.6 is 0 Å². The minimum Gasteiger partial charge on any atom is -0.356 e. The van der Waals surface area contributed by atoms with Crippen LogP contribution in [0.5, 0.6) is 0 Å². The number of aryl methyl sites for hydroxylation is 1. The molecule has 1 aromatic heterocycles. The van der Waals surface area contributed by atoms with Gasteiger partial charge in [0.2, 0.25) is 5.56 Å². The Morgan fingerprint density at radius 2 is 1.91 bits per heavy atom. The van der Waals surface area contributed by atoms with Crippen LogP contribution < -0.4 is 10.9 Å². The van der Waals surface area contributed by atoms with E-state index in [1.54, 1.807) is 29.8 Å². The summed E-state index contributed by atoms with van der Waals surface area (Å²) in [5.74, 6) is -0.159. The number of guanidine groups is 1. The Hall–Kier alpha value is -2.74. The topological polar surface area (TPSA) is 52.9 Å². The molecule has 0 spiro atoms. The monoisotopic (exact) mass is 445 g/mol. The molecule has 1 saturated heterocycles. The number of nitrogens with zero attached hydrogens (tertiary/aromatic N) is 4. The summed E-state index contributed by atoms with van der Waals surface area (Å²) in [6, 6.07) is 9.00. The number of unbranched alkanes of at least 4 members (excludes halogenated alkanes) is 1. The molecule has 0 bridgehead atoms. The molecule has 3 rings (SSSR count). The SMILES string of the molecule is CCC(c1ccc(F)cc1F)N1CCN(C(=NC)NCCCCn2ccccc2=O)CC1. The number of rotatable bonds is 8. The van der Waals surface area contributed by atoms with Crippen molar-refractivity contribution in [3.8, 4) is 0 Å². The number of benzene rings is 1. The van der Waals surface area contributed by atoms with Crippen LogP contribution in [0.3, 0.4) is 0 Å². The first-order chi connectivity index (χ1) is 15.5. The van der Waals surface area contributed by atoms with Gasteiger partial charge < -0.3 is 14.8 Å². The van der Waals surface area contributed by atoms with Gasteiger partial charge in [0.05, 0.1) is 0 Å². The van der Waals surface area contributed by atoms with Crippen molar-refractivity contribution in [2.24, 2.45) is 4.99 Å². The van der Waals surface area contributed by atoms with E-state index in [1.165, 1.54) is 6.07 Å². The summed E-state index contributed by atoms with van der Waals surface area (Å²) < 4.78 is 29.3. The lowest BCUT2D eigenvalue weighted by Gasteiger charge is -2.40. The number of piperazine rings is 1. The van der Waals surface area contributed by atoms with Gasteiger partial charge >= 0.3 is 0 Å². The van der Waals surface area contributed by atoms with Crippen LogP contribution in [-0.4, -0.2) is 60.1 Å². The summed E-state index contributed by atoms with van der Waals surface area (Å²) in [6.07, 6.45) is 4.42. The average molecular weight is 446 g/mol. The highest BCUT2D eigenvalue weighted by atomic mass is 19.1. The third kappa shape index (κ3) is 6.16. The Kier molecular flexibility index (Phi) is 8.79. The molecule has 1 aliphatic heterocycles. The smallest absolute Gasteiger partial charge is 0.250 e. The van der Waals surface area contributed by atoms with Crippen molar-refractivity contribution in [1.82, 2.24) is 19.7 Å². The normalized spacial score (nSPS) is 16.2. The van der Waals surface area contributed by atoms with Crippen LogP contribution in [0.15, 0.2) is 52.4 Å². The van der Waals surface area contributed by atoms with E-state index >= 15 is 0 Å². The number of pyridine rings is 1. The first kappa shape index (κ1) is 23.9. The van der Waals surface area contributed by atoms with E-state index < -0.39 is 11.6 Å². The lowest BCUT2D eigenvalue weighted by Crippen LogP contribution is -2.53. The molecule has 1 N–H and O–H groups in total. The van der Waals surface area contributed by atoms with Crippen LogP contribution in [0.1, 0.15) is 37.8 Å². The van der Waals surface area contributed by atoms with E-state index in [1.807, 2.05) is 19.2 Å². The molecule has 0 saturated carbocycles. The number of hydrogen-bond donors (Lipinski definition) is 1. The number of aliphatic imine (C=N–C) groups is 1. The highest BCUT2D eigenvalue weighted by Crippen LogP contribution is 2.28. The second-order valence-corrected chi connectivity index (χ2v) is 8.03. The third-order valence-electron chi connectivity index (χ3n) is 5.98. The Morgan fingerprint density at radius 1 is 1.12 bits per heavy atom. The van der Waals surface area contributed by atoms with Crippen molar-refractivity contribution < 1.29 is 8.78 Å². The molecule has 8 heteroatoms. The molecule has 0 amide bonds. The zero-order valence-corrected chi connectivity index (χ0v) is 18.9. The molecule has 1 fully saturated rings. The molecule has 1 aromatic carbocycles. The number of halogens is 2. The molecule has 1 aliphatic rings. The van der Waals surface area contributed by atoms with Crippen LogP contribution in [0.2, 0.25) is 0 Å². The first-order valence-corrected chi connectivity index (χ1v) is 11.3. The zero-order chi connectivity index (χ0) is 22.9. The van der Waals surface area contributed by atoms with Gasteiger partial charge in [0.1, 0.15) is 11.6 Å². The molecule has 0 aliphatic carbocycles. The zero-order valence-electron chi connectivity index (χ0n) is 18.9. The lowest BCUT2D eigenvalue weighted by atomic mass is 10.0. The minimum absolute atomic E-state index is 0.0278. The average Bonchev–Trinajstić information content (AvgIpc) is 2.80. The van der Waals surface area contributed by atoms with E-state index in [4.69, 9.17) is 0 Å². The molecular formula is C24H33F2N5O. The molecule has 6 nitrogen and oxygen atoms in total. The summed E-state index contributed by atoms with van der Waals surface area (Å²) in [6.45, 7) is 6.67. The van der Waals surface area contributed by atoms with Gasteiger partial charge in [0.25, 0.3) is 0 Å². The van der Waals surface area contributed by atoms with Gasteiger partial charge in [-0.15, -0.1) is 0 Å². The Labute approximate surface area is 188 Å². The third-order valence-corrected chi connectivity index (χ3v) is 5.98. The van der Waals surface area contributed by atoms with Crippen LogP contribution in [0, 0.1) is 11.6 Å². The highest BCUT2D eigenvalue weighted by molar-refractivity contribution is 5.79. The molecule has 2 aromatic rings. The van der Waals surface area contributed by atoms with Crippen molar-refractivity contribution in [2.45, 2.75) is 38.8 Å². The van der Waals surface area contributed by atoms with E-state index in [9.17, 15) is 13.6 Å². The Morgan fingerprint density at radius 3 is 2.56 bits per heavy atom. The summed E-state index contributed by atoms with van der Waals surface area (Å²) in [7, 11) is 1.78. The predicted molar refractivity (Wildman–Crippen MR) is 124 cm³/mol. The fraction of sp³-hybridized carbons (Fsp3) is 0.500. The van der Waals surface area contributed by atoms with Crippen LogP contribution in [0.25, 0.3) is 0 Å². The standard InChI is InChI=1S/C24H33F2N5O/c1-3-22(20-10-9-19(25)18-21(20)26)29-14-16-31(17-15-29)24(27-2)28-11-5-7-13-30-12-6-4-8-23(30)32/h4,6,8-10,12,18,22H,3,5,7,11,13-17H2,1-2H3,(H,27,28). The van der Waals surface area contributed by atoms with E-state index in [0.717, 1.165) is 64.0 Å². The van der Waals surface area contributed by atoms with Gasteiger partial charge in [-0.25, -0.2) is 8.78 Å². The van der Waals surface area contributed by atoms with Crippen molar-refractivity contribution in [2.75, 3.05) is 39.8 Å². The van der Waals surface area contributed by atoms with Gasteiger partial charge in [-0.1, -0.05) is 19.1 Å². The van der Waals surface area contributed by atoms with Gasteiger partial charge in [-0.3, -0.25) is 14.7 Å². The molecule has 174 valence electrons. The van der Waals surface area contributed by atoms with Crippen LogP contribution in [0.4, 0.5) is 8.78 Å². The van der Waals surface area contributed by atoms with E-state index in [2.05, 4.69) is 20.1 Å². The number of aromatic nitrogens is 1. The lowest BCUT2D eigenvalue weighted by molar-refractivity contribution is 0.124. The molecule has 1 atom stereocenters. The molecular weight excluding hydrogens is 412 g/mol. The summed E-state index contributed by atoms with van der Waals surface area (Å²) >= 11 is 0. The molecule has 1 unspecified atom stereocenters. The fourth-order valence-corrected chi connectivity index (χ4v) is 4.28. The first-order valence-electron chi connectivity index (χ1n) is 11.3. The second kappa shape index (κ2) is 11.8. The van der Waals surface area contributed by atoms with Gasteiger partial charge in [-0.2, -0.15) is 0 Å². The summed E-state index contributed by atoms with van der Waals surface area (Å²) in [5, 5.41) is 3.41. The molecule has 2 heterocycles. The Bertz CT molecular complexity index is 953. The quantitative estimate of drug-likeness (QED) is 0.385. The molecule has 0 radical (unpaired) electrons. The highest BCUT2D eigenvalue weighted by Gasteiger charge is 2.27. The maximum absolute atomic E-state index is 14.3. The van der Waals surface area contributed by atoms with Crippen molar-refractivity contribution in [3.63, 3.8) is 0 Å². The number of nitrogens with one attached hydrogen (secondary N) is 1. The van der Waals surface area contributed by atoms with Crippen molar-refractivity contribution >= 4 is 5.96 Å². The van der Waals surface area contributed by atoms with Gasteiger partial charge in [0, 0.05) is 76.3 Å². The van der Waals surface area contributed by atoms with Crippen molar-refractivity contribution in [3.05, 3.63) is 70.1 Å². The van der Waals surface area contributed by atoms with Gasteiger partial charge in [0.15, 0.2) is 5.96 Å². The maximum Gasteiger partial charge on any atom is 0.250 e. The Balaban J connectivity index is 1.45. The largest absolute Gasteiger partial charge is 0.356 e. The summed E-state index contributed by atoms with van der Waals surface area (Å²) in [4.78, 5) is 20.6. The maximum atomic E-state index is 14.3. The predicted octanol–water partition coefficient (Wildman–Crippen LogP) is 3.25. The van der Waals surface area contributed by atoms with Crippen molar-refractivity contribution in [1.29, 1.82) is 0 Å². The van der Waals surface area contributed by atoms with Gasteiger partial charge in [-0.05, 0) is 31.4 Å². The second-order valence-electron chi connectivity index (χ2n) is 8.03. The molecule has 32 heavy (non-hydrogen) atoms. The number of hydrogen-bond acceptors (Lipinski definition) is 3. The minimum atomic E-state index is -0.545. The summed E-state index contributed by atoms with van der Waals surface area (Å²) in [5.41, 5.74) is 0.586. The van der Waals surface area contributed by atoms with E-state index in [-0.39, 0.29) is 11.6 Å².